The first-order chi connectivity index (χ1) is 15.6. The van der Waals surface area contributed by atoms with Gasteiger partial charge in [0.2, 0.25) is 10.1 Å². The molecule has 2 aromatic carbocycles. The van der Waals surface area contributed by atoms with Crippen molar-refractivity contribution in [2.24, 2.45) is 0 Å². The zero-order chi connectivity index (χ0) is 22.1. The number of ether oxygens (including phenoxy) is 2. The molecule has 0 amide bonds. The quantitative estimate of drug-likeness (QED) is 0.379. The normalized spacial score (nSPS) is 11.2. The number of anilines is 2. The number of benzene rings is 2. The number of methoxy groups -OCH3 is 1. The third-order valence-electron chi connectivity index (χ3n) is 5.13. The molecule has 0 saturated heterocycles. The van der Waals surface area contributed by atoms with Gasteiger partial charge >= 0.3 is 0 Å². The molecule has 0 bridgehead atoms. The van der Waals surface area contributed by atoms with E-state index < -0.39 is 0 Å². The third kappa shape index (κ3) is 3.94. The fourth-order valence-corrected chi connectivity index (χ4v) is 4.21. The minimum Gasteiger partial charge on any atom is -0.497 e. The van der Waals surface area contributed by atoms with Gasteiger partial charge in [-0.15, -0.1) is 15.3 Å². The first-order valence-electron chi connectivity index (χ1n) is 10.3. The van der Waals surface area contributed by atoms with Crippen molar-refractivity contribution < 1.29 is 9.47 Å². The van der Waals surface area contributed by atoms with Crippen molar-refractivity contribution in [1.29, 1.82) is 0 Å². The minimum absolute atomic E-state index is 0.227. The van der Waals surface area contributed by atoms with Crippen LogP contribution in [0.25, 0.3) is 15.9 Å². The molecule has 5 aromatic rings. The molecule has 162 valence electrons. The summed E-state index contributed by atoms with van der Waals surface area (Å²) in [5.41, 5.74) is 4.00. The molecule has 0 aliphatic carbocycles. The Labute approximate surface area is 188 Å². The number of nitrogens with one attached hydrogen (secondary N) is 1. The molecule has 0 unspecified atom stereocenters. The van der Waals surface area contributed by atoms with Crippen LogP contribution in [0, 0.1) is 6.92 Å². The zero-order valence-electron chi connectivity index (χ0n) is 18.0. The monoisotopic (exact) mass is 446 g/mol. The Bertz CT molecular complexity index is 1390. The highest BCUT2D eigenvalue weighted by Crippen LogP contribution is 2.30. The summed E-state index contributed by atoms with van der Waals surface area (Å²) in [7, 11) is 1.64. The number of nitrogens with zero attached hydrogens (tertiary/aromatic N) is 5. The topological polar surface area (TPSA) is 86.5 Å². The van der Waals surface area contributed by atoms with Gasteiger partial charge in [0.25, 0.3) is 0 Å². The summed E-state index contributed by atoms with van der Waals surface area (Å²) >= 11 is 1.44. The standard InChI is InChI=1S/C23H22N6O2S/c1-4-15-5-7-16(8-6-15)25-22-28-29-21(26-27-23(29)32-22)13-31-20-11-14(2)24-19-10-9-17(30-3)12-18(19)20/h5-12H,4,13H2,1-3H3,(H,25,28). The van der Waals surface area contributed by atoms with Crippen molar-refractivity contribution >= 4 is 38.0 Å². The van der Waals surface area contributed by atoms with Crippen LogP contribution in [0.15, 0.2) is 48.5 Å². The van der Waals surface area contributed by atoms with E-state index >= 15 is 0 Å². The van der Waals surface area contributed by atoms with E-state index in [0.29, 0.717) is 16.5 Å². The molecule has 0 spiro atoms. The lowest BCUT2D eigenvalue weighted by atomic mass is 10.1. The maximum absolute atomic E-state index is 6.13. The van der Waals surface area contributed by atoms with Gasteiger partial charge < -0.3 is 14.8 Å². The smallest absolute Gasteiger partial charge is 0.236 e. The molecule has 3 aromatic heterocycles. The van der Waals surface area contributed by atoms with E-state index in [1.807, 2.05) is 31.2 Å². The van der Waals surface area contributed by atoms with Gasteiger partial charge in [0.05, 0.1) is 12.6 Å². The van der Waals surface area contributed by atoms with E-state index in [9.17, 15) is 0 Å². The molecule has 8 nitrogen and oxygen atoms in total. The van der Waals surface area contributed by atoms with Crippen molar-refractivity contribution in [2.45, 2.75) is 26.9 Å². The number of hydrogen-bond donors (Lipinski definition) is 1. The molecule has 5 rings (SSSR count). The maximum Gasteiger partial charge on any atom is 0.236 e. The summed E-state index contributed by atoms with van der Waals surface area (Å²) in [5.74, 6) is 2.09. The predicted molar refractivity (Wildman–Crippen MR) is 125 cm³/mol. The molecule has 0 radical (unpaired) electrons. The molecule has 0 fully saturated rings. The Hall–Kier alpha value is -3.72. The van der Waals surface area contributed by atoms with Crippen LogP contribution in [-0.2, 0) is 13.0 Å². The average Bonchev–Trinajstić information content (AvgIpc) is 3.38. The molecule has 1 N–H and O–H groups in total. The lowest BCUT2D eigenvalue weighted by Crippen LogP contribution is -2.04. The summed E-state index contributed by atoms with van der Waals surface area (Å²) in [4.78, 5) is 5.28. The first kappa shape index (κ1) is 20.2. The highest BCUT2D eigenvalue weighted by molar-refractivity contribution is 7.20. The van der Waals surface area contributed by atoms with Crippen molar-refractivity contribution in [3.8, 4) is 11.5 Å². The lowest BCUT2D eigenvalue weighted by molar-refractivity contribution is 0.296. The Balaban J connectivity index is 1.38. The lowest BCUT2D eigenvalue weighted by Gasteiger charge is -2.10. The SMILES string of the molecule is CCc1ccc(Nc2nn3c(COc4cc(C)nc5ccc(OC)cc45)nnc3s2)cc1. The van der Waals surface area contributed by atoms with E-state index in [4.69, 9.17) is 9.47 Å². The average molecular weight is 447 g/mol. The number of aryl methyl sites for hydroxylation is 2. The molecule has 9 heteroatoms. The van der Waals surface area contributed by atoms with Crippen LogP contribution < -0.4 is 14.8 Å². The zero-order valence-corrected chi connectivity index (χ0v) is 18.8. The summed E-state index contributed by atoms with van der Waals surface area (Å²) in [6, 6.07) is 16.0. The predicted octanol–water partition coefficient (Wildman–Crippen LogP) is 4.94. The fourth-order valence-electron chi connectivity index (χ4n) is 3.43. The van der Waals surface area contributed by atoms with Gasteiger partial charge in [0.15, 0.2) is 5.82 Å². The Morgan fingerprint density at radius 2 is 1.91 bits per heavy atom. The van der Waals surface area contributed by atoms with Crippen LogP contribution in [0.2, 0.25) is 0 Å². The fraction of sp³-hybridized carbons (Fsp3) is 0.217. The second-order valence-electron chi connectivity index (χ2n) is 7.33. The number of pyridine rings is 1. The molecule has 0 aliphatic rings. The van der Waals surface area contributed by atoms with Crippen molar-refractivity contribution in [3.05, 3.63) is 65.6 Å². The molecule has 0 aliphatic heterocycles. The van der Waals surface area contributed by atoms with Crippen LogP contribution in [0.1, 0.15) is 24.0 Å². The second kappa shape index (κ2) is 8.43. The van der Waals surface area contributed by atoms with E-state index in [-0.39, 0.29) is 6.61 Å². The molecule has 0 saturated carbocycles. The Morgan fingerprint density at radius 1 is 1.06 bits per heavy atom. The number of rotatable bonds is 7. The summed E-state index contributed by atoms with van der Waals surface area (Å²) in [6.45, 7) is 4.31. The van der Waals surface area contributed by atoms with Gasteiger partial charge in [-0.2, -0.15) is 4.52 Å². The molecular weight excluding hydrogens is 424 g/mol. The first-order valence-corrected chi connectivity index (χ1v) is 11.1. The van der Waals surface area contributed by atoms with Gasteiger partial charge in [0.1, 0.15) is 18.1 Å². The van der Waals surface area contributed by atoms with Crippen LogP contribution in [-0.4, -0.2) is 31.9 Å². The Kier molecular flexibility index (Phi) is 5.32. The minimum atomic E-state index is 0.227. The van der Waals surface area contributed by atoms with Crippen molar-refractivity contribution in [1.82, 2.24) is 24.8 Å². The largest absolute Gasteiger partial charge is 0.497 e. The van der Waals surface area contributed by atoms with Crippen LogP contribution in [0.3, 0.4) is 0 Å². The van der Waals surface area contributed by atoms with Gasteiger partial charge in [-0.25, -0.2) is 0 Å². The highest BCUT2D eigenvalue weighted by Gasteiger charge is 2.14. The number of hydrogen-bond acceptors (Lipinski definition) is 8. The van der Waals surface area contributed by atoms with Crippen LogP contribution in [0.5, 0.6) is 11.5 Å². The summed E-state index contributed by atoms with van der Waals surface area (Å²) in [5, 5.41) is 18.1. The number of aromatic nitrogens is 5. The van der Waals surface area contributed by atoms with Gasteiger partial charge in [-0.1, -0.05) is 30.4 Å². The molecular formula is C23H22N6O2S. The third-order valence-corrected chi connectivity index (χ3v) is 5.95. The van der Waals surface area contributed by atoms with Crippen LogP contribution >= 0.6 is 11.3 Å². The molecule has 3 heterocycles. The van der Waals surface area contributed by atoms with E-state index in [1.54, 1.807) is 11.6 Å². The van der Waals surface area contributed by atoms with Crippen LogP contribution in [0.4, 0.5) is 10.8 Å². The molecule has 0 atom stereocenters. The summed E-state index contributed by atoms with van der Waals surface area (Å²) in [6.07, 6.45) is 1.01. The van der Waals surface area contributed by atoms with Gasteiger partial charge in [-0.05, 0) is 49.2 Å². The Morgan fingerprint density at radius 3 is 2.69 bits per heavy atom. The number of fused-ring (bicyclic) bond motifs is 2. The van der Waals surface area contributed by atoms with Crippen molar-refractivity contribution in [2.75, 3.05) is 12.4 Å². The maximum atomic E-state index is 6.13. The highest BCUT2D eigenvalue weighted by atomic mass is 32.1. The summed E-state index contributed by atoms with van der Waals surface area (Å²) < 4.78 is 13.2. The van der Waals surface area contributed by atoms with E-state index in [0.717, 1.165) is 39.6 Å². The van der Waals surface area contributed by atoms with Crippen molar-refractivity contribution in [3.63, 3.8) is 0 Å². The van der Waals surface area contributed by atoms with Gasteiger partial charge in [0, 0.05) is 22.8 Å². The van der Waals surface area contributed by atoms with E-state index in [1.165, 1.54) is 16.9 Å². The second-order valence-corrected chi connectivity index (χ2v) is 8.28. The molecule has 32 heavy (non-hydrogen) atoms. The van der Waals surface area contributed by atoms with Gasteiger partial charge in [-0.3, -0.25) is 4.98 Å². The van der Waals surface area contributed by atoms with E-state index in [2.05, 4.69) is 56.8 Å².